The lowest BCUT2D eigenvalue weighted by Gasteiger charge is -2.31. The smallest absolute Gasteiger partial charge is 0.273 e. The van der Waals surface area contributed by atoms with Gasteiger partial charge in [-0.05, 0) is 24.3 Å². The molecule has 3 rings (SSSR count). The predicted octanol–water partition coefficient (Wildman–Crippen LogP) is 2.42. The van der Waals surface area contributed by atoms with Gasteiger partial charge in [0.15, 0.2) is 0 Å². The fourth-order valence-corrected chi connectivity index (χ4v) is 3.20. The number of ether oxygens (including phenoxy) is 1. The van der Waals surface area contributed by atoms with Crippen LogP contribution in [0.1, 0.15) is 28.3 Å². The maximum Gasteiger partial charge on any atom is 0.273 e. The number of carbonyl (C=O) groups excluding carboxylic acids is 1. The van der Waals surface area contributed by atoms with Crippen LogP contribution in [0.2, 0.25) is 0 Å². The lowest BCUT2D eigenvalue weighted by molar-refractivity contribution is 0.0590. The zero-order chi connectivity index (χ0) is 16.2. The second-order valence-electron chi connectivity index (χ2n) is 5.39. The third kappa shape index (κ3) is 3.86. The molecule has 0 saturated carbocycles. The van der Waals surface area contributed by atoms with Gasteiger partial charge in [0.1, 0.15) is 28.4 Å². The molecule has 1 saturated heterocycles. The predicted molar refractivity (Wildman–Crippen MR) is 86.0 cm³/mol. The second-order valence-corrected chi connectivity index (χ2v) is 6.34. The van der Waals surface area contributed by atoms with E-state index in [1.165, 1.54) is 23.5 Å². The number of aromatic nitrogens is 1. The molecule has 2 aromatic rings. The number of thiazole rings is 1. The summed E-state index contributed by atoms with van der Waals surface area (Å²) in [6.07, 6.45) is 1.54. The Morgan fingerprint density at radius 2 is 2.04 bits per heavy atom. The number of likely N-dealkylation sites (tertiary alicyclic amines) is 1. The molecule has 1 fully saturated rings. The summed E-state index contributed by atoms with van der Waals surface area (Å²) in [5.41, 5.74) is 5.99. The molecule has 1 aliphatic rings. The van der Waals surface area contributed by atoms with Crippen molar-refractivity contribution in [3.05, 3.63) is 46.2 Å². The highest BCUT2D eigenvalue weighted by atomic mass is 32.1. The van der Waals surface area contributed by atoms with Gasteiger partial charge in [-0.15, -0.1) is 11.3 Å². The summed E-state index contributed by atoms with van der Waals surface area (Å²) in [5.74, 6) is 0.322. The molecule has 122 valence electrons. The third-order valence-electron chi connectivity index (χ3n) is 3.79. The minimum Gasteiger partial charge on any atom is -0.490 e. The quantitative estimate of drug-likeness (QED) is 0.932. The van der Waals surface area contributed by atoms with Crippen LogP contribution in [0.4, 0.5) is 4.39 Å². The first kappa shape index (κ1) is 15.9. The molecule has 2 N–H and O–H groups in total. The van der Waals surface area contributed by atoms with Crippen molar-refractivity contribution in [2.45, 2.75) is 25.5 Å². The van der Waals surface area contributed by atoms with Crippen LogP contribution in [-0.2, 0) is 6.54 Å². The Kier molecular flexibility index (Phi) is 4.88. The van der Waals surface area contributed by atoms with Gasteiger partial charge < -0.3 is 15.4 Å². The normalized spacial score (nSPS) is 15.7. The summed E-state index contributed by atoms with van der Waals surface area (Å²) in [6.45, 7) is 1.60. The average Bonchev–Trinajstić information content (AvgIpc) is 3.06. The van der Waals surface area contributed by atoms with Crippen molar-refractivity contribution in [1.29, 1.82) is 0 Å². The van der Waals surface area contributed by atoms with E-state index in [4.69, 9.17) is 10.5 Å². The van der Waals surface area contributed by atoms with Crippen LogP contribution < -0.4 is 10.5 Å². The average molecular weight is 335 g/mol. The van der Waals surface area contributed by atoms with Gasteiger partial charge in [-0.2, -0.15) is 0 Å². The molecule has 0 unspecified atom stereocenters. The summed E-state index contributed by atoms with van der Waals surface area (Å²) in [5, 5.41) is 2.52. The van der Waals surface area contributed by atoms with Crippen LogP contribution in [0.3, 0.4) is 0 Å². The topological polar surface area (TPSA) is 68.5 Å². The van der Waals surface area contributed by atoms with E-state index < -0.39 is 0 Å². The highest BCUT2D eigenvalue weighted by Crippen LogP contribution is 2.21. The number of nitrogens with zero attached hydrogens (tertiary/aromatic N) is 2. The lowest BCUT2D eigenvalue weighted by atomic mass is 10.1. The number of carbonyl (C=O) groups is 1. The molecule has 0 atom stereocenters. The number of hydrogen-bond acceptors (Lipinski definition) is 5. The van der Waals surface area contributed by atoms with Gasteiger partial charge >= 0.3 is 0 Å². The number of amides is 1. The molecule has 23 heavy (non-hydrogen) atoms. The van der Waals surface area contributed by atoms with Crippen LogP contribution in [0.5, 0.6) is 5.75 Å². The van der Waals surface area contributed by atoms with E-state index in [2.05, 4.69) is 4.98 Å². The summed E-state index contributed by atoms with van der Waals surface area (Å²) < 4.78 is 18.7. The molecule has 0 bridgehead atoms. The minimum absolute atomic E-state index is 0.0412. The highest BCUT2D eigenvalue weighted by Gasteiger charge is 2.26. The summed E-state index contributed by atoms with van der Waals surface area (Å²) >= 11 is 1.41. The van der Waals surface area contributed by atoms with Gasteiger partial charge in [-0.25, -0.2) is 9.37 Å². The van der Waals surface area contributed by atoms with Gasteiger partial charge in [0, 0.05) is 37.9 Å². The molecule has 0 aliphatic carbocycles. The lowest BCUT2D eigenvalue weighted by Crippen LogP contribution is -2.41. The van der Waals surface area contributed by atoms with Crippen molar-refractivity contribution in [2.75, 3.05) is 13.1 Å². The molecule has 1 amide bonds. The Morgan fingerprint density at radius 1 is 1.35 bits per heavy atom. The van der Waals surface area contributed by atoms with Gasteiger partial charge in [0.25, 0.3) is 5.91 Å². The number of piperidine rings is 1. The van der Waals surface area contributed by atoms with Gasteiger partial charge in [0.2, 0.25) is 0 Å². The summed E-state index contributed by atoms with van der Waals surface area (Å²) in [7, 11) is 0. The van der Waals surface area contributed by atoms with Gasteiger partial charge in [-0.3, -0.25) is 4.79 Å². The van der Waals surface area contributed by atoms with E-state index in [9.17, 15) is 9.18 Å². The first-order chi connectivity index (χ1) is 11.2. The molecular weight excluding hydrogens is 317 g/mol. The summed E-state index contributed by atoms with van der Waals surface area (Å²) in [4.78, 5) is 18.4. The van der Waals surface area contributed by atoms with Gasteiger partial charge in [-0.1, -0.05) is 0 Å². The van der Waals surface area contributed by atoms with E-state index in [1.807, 2.05) is 0 Å². The van der Waals surface area contributed by atoms with E-state index in [0.29, 0.717) is 31.1 Å². The number of halogens is 1. The van der Waals surface area contributed by atoms with Crippen molar-refractivity contribution < 1.29 is 13.9 Å². The SMILES string of the molecule is NCc1nc(C(=O)N2CCC(Oc3ccc(F)cc3)CC2)cs1. The van der Waals surface area contributed by atoms with Gasteiger partial charge in [0.05, 0.1) is 0 Å². The Bertz CT molecular complexity index is 666. The Balaban J connectivity index is 1.53. The molecule has 7 heteroatoms. The number of hydrogen-bond donors (Lipinski definition) is 1. The maximum absolute atomic E-state index is 12.9. The number of nitrogens with two attached hydrogens (primary N) is 1. The molecule has 2 heterocycles. The van der Waals surface area contributed by atoms with E-state index in [0.717, 1.165) is 17.8 Å². The molecule has 1 aromatic heterocycles. The van der Waals surface area contributed by atoms with Crippen molar-refractivity contribution in [2.24, 2.45) is 5.73 Å². The monoisotopic (exact) mass is 335 g/mol. The van der Waals surface area contributed by atoms with Crippen LogP contribution in [0.25, 0.3) is 0 Å². The van der Waals surface area contributed by atoms with Crippen molar-refractivity contribution >= 4 is 17.2 Å². The largest absolute Gasteiger partial charge is 0.490 e. The minimum atomic E-state index is -0.280. The maximum atomic E-state index is 12.9. The number of benzene rings is 1. The van der Waals surface area contributed by atoms with Crippen molar-refractivity contribution in [3.8, 4) is 5.75 Å². The van der Waals surface area contributed by atoms with Crippen LogP contribution in [0, 0.1) is 5.82 Å². The Labute approximate surface area is 137 Å². The fraction of sp³-hybridized carbons (Fsp3) is 0.375. The standard InChI is InChI=1S/C16H18FN3O2S/c17-11-1-3-12(4-2-11)22-13-5-7-20(8-6-13)16(21)14-10-23-15(9-18)19-14/h1-4,10,13H,5-9,18H2. The van der Waals surface area contributed by atoms with Crippen LogP contribution >= 0.6 is 11.3 Å². The molecule has 1 aromatic carbocycles. The molecular formula is C16H18FN3O2S. The molecule has 0 radical (unpaired) electrons. The zero-order valence-electron chi connectivity index (χ0n) is 12.6. The van der Waals surface area contributed by atoms with E-state index in [1.54, 1.807) is 22.4 Å². The molecule has 1 aliphatic heterocycles. The third-order valence-corrected chi connectivity index (χ3v) is 4.66. The first-order valence-corrected chi connectivity index (χ1v) is 8.39. The Morgan fingerprint density at radius 3 is 2.65 bits per heavy atom. The highest BCUT2D eigenvalue weighted by molar-refractivity contribution is 7.09. The number of rotatable bonds is 4. The molecule has 0 spiro atoms. The van der Waals surface area contributed by atoms with Crippen LogP contribution in [0.15, 0.2) is 29.6 Å². The van der Waals surface area contributed by atoms with Crippen LogP contribution in [-0.4, -0.2) is 35.0 Å². The second kappa shape index (κ2) is 7.06. The first-order valence-electron chi connectivity index (χ1n) is 7.51. The van der Waals surface area contributed by atoms with E-state index in [-0.39, 0.29) is 17.8 Å². The van der Waals surface area contributed by atoms with Crippen molar-refractivity contribution in [1.82, 2.24) is 9.88 Å². The fourth-order valence-electron chi connectivity index (χ4n) is 2.55. The Hall–Kier alpha value is -1.99. The zero-order valence-corrected chi connectivity index (χ0v) is 13.4. The summed E-state index contributed by atoms with van der Waals surface area (Å²) in [6, 6.07) is 6.00. The van der Waals surface area contributed by atoms with E-state index >= 15 is 0 Å². The van der Waals surface area contributed by atoms with Crippen molar-refractivity contribution in [3.63, 3.8) is 0 Å². The molecule has 5 nitrogen and oxygen atoms in total.